The second-order valence-electron chi connectivity index (χ2n) is 6.48. The second kappa shape index (κ2) is 8.90. The first-order valence-electron chi connectivity index (χ1n) is 8.78. The number of nitrogens with zero attached hydrogens (tertiary/aromatic N) is 1. The van der Waals surface area contributed by atoms with E-state index in [1.807, 2.05) is 39.0 Å². The van der Waals surface area contributed by atoms with Crippen LogP contribution in [0.1, 0.15) is 24.5 Å². The lowest BCUT2D eigenvalue weighted by atomic mass is 10.1. The monoisotopic (exact) mass is 390 g/mol. The number of carbonyl (C=O) groups excluding carboxylic acids is 1. The van der Waals surface area contributed by atoms with Crippen molar-refractivity contribution >= 4 is 27.3 Å². The van der Waals surface area contributed by atoms with Crippen molar-refractivity contribution in [2.45, 2.75) is 27.2 Å². The maximum Gasteiger partial charge on any atom is 0.245 e. The van der Waals surface area contributed by atoms with Gasteiger partial charge in [0, 0.05) is 5.69 Å². The van der Waals surface area contributed by atoms with Gasteiger partial charge in [0.05, 0.1) is 18.6 Å². The van der Waals surface area contributed by atoms with E-state index in [0.717, 1.165) is 28.1 Å². The molecule has 0 saturated carbocycles. The molecule has 0 spiro atoms. The molecule has 0 unspecified atom stereocenters. The number of hydrogen-bond acceptors (Lipinski definition) is 4. The van der Waals surface area contributed by atoms with Crippen LogP contribution in [0.5, 0.6) is 5.75 Å². The fourth-order valence-electron chi connectivity index (χ4n) is 2.52. The number of anilines is 2. The molecular formula is C20H26N2O4S. The molecule has 0 aliphatic rings. The number of rotatable bonds is 8. The highest BCUT2D eigenvalue weighted by atomic mass is 32.2. The third-order valence-electron chi connectivity index (χ3n) is 3.95. The molecule has 2 rings (SSSR count). The molecule has 27 heavy (non-hydrogen) atoms. The average Bonchev–Trinajstić information content (AvgIpc) is 2.60. The topological polar surface area (TPSA) is 75.7 Å². The van der Waals surface area contributed by atoms with Gasteiger partial charge in [-0.25, -0.2) is 8.42 Å². The van der Waals surface area contributed by atoms with Crippen LogP contribution in [0.2, 0.25) is 0 Å². The summed E-state index contributed by atoms with van der Waals surface area (Å²) in [6.07, 6.45) is 1.97. The number of aryl methyl sites for hydroxylation is 2. The fourth-order valence-corrected chi connectivity index (χ4v) is 3.38. The van der Waals surface area contributed by atoms with Crippen molar-refractivity contribution in [3.05, 3.63) is 53.6 Å². The Balaban J connectivity index is 2.17. The summed E-state index contributed by atoms with van der Waals surface area (Å²) in [6, 6.07) is 12.4. The van der Waals surface area contributed by atoms with E-state index in [1.165, 1.54) is 0 Å². The average molecular weight is 391 g/mol. The number of benzene rings is 2. The van der Waals surface area contributed by atoms with Crippen molar-refractivity contribution in [2.24, 2.45) is 0 Å². The second-order valence-corrected chi connectivity index (χ2v) is 8.39. The molecule has 0 radical (unpaired) electrons. The molecule has 7 heteroatoms. The molecule has 2 aromatic carbocycles. The van der Waals surface area contributed by atoms with Gasteiger partial charge in [0.15, 0.2) is 0 Å². The van der Waals surface area contributed by atoms with E-state index in [4.69, 9.17) is 4.74 Å². The van der Waals surface area contributed by atoms with Crippen molar-refractivity contribution in [1.82, 2.24) is 0 Å². The highest BCUT2D eigenvalue weighted by Crippen LogP contribution is 2.22. The molecule has 0 atom stereocenters. The fraction of sp³-hybridized carbons (Fsp3) is 0.350. The van der Waals surface area contributed by atoms with E-state index in [9.17, 15) is 13.2 Å². The minimum absolute atomic E-state index is 0.304. The van der Waals surface area contributed by atoms with E-state index in [1.54, 1.807) is 24.3 Å². The van der Waals surface area contributed by atoms with Crippen LogP contribution >= 0.6 is 0 Å². The zero-order valence-electron chi connectivity index (χ0n) is 16.2. The predicted octanol–water partition coefficient (Wildman–Crippen LogP) is 3.50. The molecule has 0 aromatic heterocycles. The molecule has 2 aromatic rings. The zero-order valence-corrected chi connectivity index (χ0v) is 17.0. The van der Waals surface area contributed by atoms with E-state index in [2.05, 4.69) is 5.32 Å². The smallest absolute Gasteiger partial charge is 0.245 e. The summed E-state index contributed by atoms with van der Waals surface area (Å²) in [5.74, 6) is 0.259. The van der Waals surface area contributed by atoms with Gasteiger partial charge in [-0.3, -0.25) is 9.10 Å². The summed E-state index contributed by atoms with van der Waals surface area (Å²) in [7, 11) is -3.62. The molecule has 0 bridgehead atoms. The molecule has 0 aliphatic carbocycles. The summed E-state index contributed by atoms with van der Waals surface area (Å²) < 4.78 is 31.0. The number of sulfonamides is 1. The first-order chi connectivity index (χ1) is 12.7. The molecule has 1 amide bonds. The number of amides is 1. The Morgan fingerprint density at radius 3 is 2.37 bits per heavy atom. The number of ether oxygens (including phenoxy) is 1. The number of hydrogen-bond donors (Lipinski definition) is 1. The Labute approximate surface area is 161 Å². The zero-order chi connectivity index (χ0) is 20.0. The standard InChI is InChI=1S/C20H26N2O4S/c1-5-12-26-18-10-8-17(9-11-18)22(27(4,24)25)14-20(23)21-19-13-15(2)6-7-16(19)3/h6-11,13H,5,12,14H2,1-4H3,(H,21,23). The van der Waals surface area contributed by atoms with Crippen molar-refractivity contribution < 1.29 is 17.9 Å². The molecule has 0 saturated heterocycles. The van der Waals surface area contributed by atoms with Crippen LogP contribution in [-0.4, -0.2) is 33.7 Å². The molecule has 0 fully saturated rings. The lowest BCUT2D eigenvalue weighted by molar-refractivity contribution is -0.114. The minimum Gasteiger partial charge on any atom is -0.494 e. The SMILES string of the molecule is CCCOc1ccc(N(CC(=O)Nc2cc(C)ccc2C)S(C)(=O)=O)cc1. The van der Waals surface area contributed by atoms with Crippen molar-refractivity contribution in [1.29, 1.82) is 0 Å². The third kappa shape index (κ3) is 5.99. The number of carbonyl (C=O) groups is 1. The van der Waals surface area contributed by atoms with Gasteiger partial charge < -0.3 is 10.1 Å². The lowest BCUT2D eigenvalue weighted by Crippen LogP contribution is -2.37. The van der Waals surface area contributed by atoms with Gasteiger partial charge in [-0.15, -0.1) is 0 Å². The molecule has 6 nitrogen and oxygen atoms in total. The Bertz CT molecular complexity index is 893. The van der Waals surface area contributed by atoms with E-state index >= 15 is 0 Å². The Morgan fingerprint density at radius 2 is 1.78 bits per heavy atom. The van der Waals surface area contributed by atoms with Crippen molar-refractivity contribution in [2.75, 3.05) is 29.0 Å². The van der Waals surface area contributed by atoms with Gasteiger partial charge in [0.1, 0.15) is 12.3 Å². The summed E-state index contributed by atoms with van der Waals surface area (Å²) in [5.41, 5.74) is 3.02. The third-order valence-corrected chi connectivity index (χ3v) is 5.09. The molecule has 146 valence electrons. The molecular weight excluding hydrogens is 364 g/mol. The molecule has 1 N–H and O–H groups in total. The van der Waals surface area contributed by atoms with Crippen molar-refractivity contribution in [3.63, 3.8) is 0 Å². The Hall–Kier alpha value is -2.54. The molecule has 0 heterocycles. The van der Waals surface area contributed by atoms with Crippen LogP contribution in [0, 0.1) is 13.8 Å². The minimum atomic E-state index is -3.62. The Kier molecular flexibility index (Phi) is 6.85. The highest BCUT2D eigenvalue weighted by Gasteiger charge is 2.21. The van der Waals surface area contributed by atoms with Crippen LogP contribution in [0.25, 0.3) is 0 Å². The predicted molar refractivity (Wildman–Crippen MR) is 109 cm³/mol. The van der Waals surface area contributed by atoms with E-state index in [-0.39, 0.29) is 6.54 Å². The summed E-state index contributed by atoms with van der Waals surface area (Å²) >= 11 is 0. The highest BCUT2D eigenvalue weighted by molar-refractivity contribution is 7.92. The largest absolute Gasteiger partial charge is 0.494 e. The normalized spacial score (nSPS) is 11.1. The van der Waals surface area contributed by atoms with Crippen LogP contribution in [0.3, 0.4) is 0 Å². The van der Waals surface area contributed by atoms with Gasteiger partial charge >= 0.3 is 0 Å². The summed E-state index contributed by atoms with van der Waals surface area (Å²) in [4.78, 5) is 12.5. The van der Waals surface area contributed by atoms with Crippen LogP contribution in [0.4, 0.5) is 11.4 Å². The lowest BCUT2D eigenvalue weighted by Gasteiger charge is -2.22. The number of nitrogens with one attached hydrogen (secondary N) is 1. The van der Waals surface area contributed by atoms with Crippen LogP contribution in [0.15, 0.2) is 42.5 Å². The maximum absolute atomic E-state index is 12.5. The molecule has 0 aliphatic heterocycles. The summed E-state index contributed by atoms with van der Waals surface area (Å²) in [5, 5.41) is 2.79. The van der Waals surface area contributed by atoms with Crippen LogP contribution < -0.4 is 14.4 Å². The van der Waals surface area contributed by atoms with Gasteiger partial charge in [-0.1, -0.05) is 19.1 Å². The van der Waals surface area contributed by atoms with Gasteiger partial charge in [-0.05, 0) is 61.7 Å². The van der Waals surface area contributed by atoms with Gasteiger partial charge in [0.25, 0.3) is 0 Å². The van der Waals surface area contributed by atoms with Gasteiger partial charge in [0.2, 0.25) is 15.9 Å². The van der Waals surface area contributed by atoms with Crippen molar-refractivity contribution in [3.8, 4) is 5.75 Å². The first kappa shape index (κ1) is 20.8. The van der Waals surface area contributed by atoms with E-state index < -0.39 is 15.9 Å². The maximum atomic E-state index is 12.5. The summed E-state index contributed by atoms with van der Waals surface area (Å²) in [6.45, 7) is 6.11. The van der Waals surface area contributed by atoms with Crippen LogP contribution in [-0.2, 0) is 14.8 Å². The quantitative estimate of drug-likeness (QED) is 0.749. The van der Waals surface area contributed by atoms with E-state index in [0.29, 0.717) is 23.7 Å². The first-order valence-corrected chi connectivity index (χ1v) is 10.6. The Morgan fingerprint density at radius 1 is 1.11 bits per heavy atom. The van der Waals surface area contributed by atoms with Gasteiger partial charge in [-0.2, -0.15) is 0 Å².